The van der Waals surface area contributed by atoms with Crippen molar-refractivity contribution >= 4 is 29.7 Å². The Morgan fingerprint density at radius 1 is 1.13 bits per heavy atom. The van der Waals surface area contributed by atoms with Gasteiger partial charge in [0.15, 0.2) is 0 Å². The topological polar surface area (TPSA) is 115 Å². The van der Waals surface area contributed by atoms with E-state index in [4.69, 9.17) is 9.47 Å². The van der Waals surface area contributed by atoms with Gasteiger partial charge < -0.3 is 19.5 Å². The fourth-order valence-corrected chi connectivity index (χ4v) is 3.88. The lowest BCUT2D eigenvalue weighted by atomic mass is 9.82. The standard InChI is InChI=1S/C21H22N2O6S/c1-5-29-21(26)17-12(2)23-19(30-11-16(24)27-3)15(10-22)18(17)13-6-8-14(9-7-13)20(25)28-4/h6-9,18,23H,5,11H2,1-4H3/t18-/m0/s1. The number of esters is 3. The number of carbonyl (C=O) groups is 3. The Morgan fingerprint density at radius 3 is 2.33 bits per heavy atom. The van der Waals surface area contributed by atoms with Crippen molar-refractivity contribution in [3.05, 3.63) is 57.3 Å². The first-order chi connectivity index (χ1) is 14.4. The third-order valence-electron chi connectivity index (χ3n) is 4.37. The maximum Gasteiger partial charge on any atom is 0.337 e. The van der Waals surface area contributed by atoms with Gasteiger partial charge in [-0.05, 0) is 31.5 Å². The van der Waals surface area contributed by atoms with E-state index in [1.54, 1.807) is 38.1 Å². The van der Waals surface area contributed by atoms with Gasteiger partial charge in [0.05, 0.1) is 60.3 Å². The SMILES string of the molecule is CCOC(=O)C1=C(C)NC(SCC(=O)OC)=C(C#N)[C@@H]1c1ccc(C(=O)OC)cc1. The van der Waals surface area contributed by atoms with E-state index in [1.807, 2.05) is 0 Å². The van der Waals surface area contributed by atoms with Crippen molar-refractivity contribution in [3.8, 4) is 6.07 Å². The Hall–Kier alpha value is -3.25. The van der Waals surface area contributed by atoms with Gasteiger partial charge in [0.25, 0.3) is 0 Å². The first-order valence-corrected chi connectivity index (χ1v) is 10.0. The maximum absolute atomic E-state index is 12.7. The zero-order valence-electron chi connectivity index (χ0n) is 17.1. The minimum atomic E-state index is -0.720. The van der Waals surface area contributed by atoms with Crippen LogP contribution in [0, 0.1) is 11.3 Å². The number of hydrogen-bond acceptors (Lipinski definition) is 9. The van der Waals surface area contributed by atoms with E-state index in [2.05, 4.69) is 16.1 Å². The van der Waals surface area contributed by atoms with Gasteiger partial charge in [-0.25, -0.2) is 9.59 Å². The highest BCUT2D eigenvalue weighted by Gasteiger charge is 2.35. The van der Waals surface area contributed by atoms with Gasteiger partial charge in [-0.3, -0.25) is 4.79 Å². The summed E-state index contributed by atoms with van der Waals surface area (Å²) in [6.45, 7) is 3.58. The number of nitrogens with zero attached hydrogens (tertiary/aromatic N) is 1. The van der Waals surface area contributed by atoms with Crippen molar-refractivity contribution in [2.24, 2.45) is 0 Å². The second-order valence-corrected chi connectivity index (χ2v) is 7.14. The van der Waals surface area contributed by atoms with Gasteiger partial charge in [-0.2, -0.15) is 5.26 Å². The van der Waals surface area contributed by atoms with Crippen molar-refractivity contribution in [1.82, 2.24) is 5.32 Å². The predicted molar refractivity (Wildman–Crippen MR) is 110 cm³/mol. The largest absolute Gasteiger partial charge is 0.468 e. The van der Waals surface area contributed by atoms with E-state index in [-0.39, 0.29) is 17.9 Å². The van der Waals surface area contributed by atoms with Gasteiger partial charge in [0.1, 0.15) is 0 Å². The summed E-state index contributed by atoms with van der Waals surface area (Å²) in [4.78, 5) is 36.0. The number of nitriles is 1. The monoisotopic (exact) mass is 430 g/mol. The molecule has 30 heavy (non-hydrogen) atoms. The van der Waals surface area contributed by atoms with Crippen molar-refractivity contribution in [2.45, 2.75) is 19.8 Å². The number of dihydropyridines is 1. The molecule has 0 saturated heterocycles. The van der Waals surface area contributed by atoms with E-state index >= 15 is 0 Å². The molecule has 0 radical (unpaired) electrons. The van der Waals surface area contributed by atoms with Crippen LogP contribution >= 0.6 is 11.8 Å². The minimum Gasteiger partial charge on any atom is -0.468 e. The lowest BCUT2D eigenvalue weighted by molar-refractivity contribution is -0.139. The molecule has 0 fully saturated rings. The summed E-state index contributed by atoms with van der Waals surface area (Å²) in [5, 5.41) is 13.4. The van der Waals surface area contributed by atoms with E-state index in [0.717, 1.165) is 11.8 Å². The molecule has 1 heterocycles. The summed E-state index contributed by atoms with van der Waals surface area (Å²) >= 11 is 1.11. The van der Waals surface area contributed by atoms with Crippen LogP contribution in [0.5, 0.6) is 0 Å². The van der Waals surface area contributed by atoms with Crippen LogP contribution in [0.25, 0.3) is 0 Å². The number of nitrogens with one attached hydrogen (secondary N) is 1. The second-order valence-electron chi connectivity index (χ2n) is 6.15. The highest BCUT2D eigenvalue weighted by molar-refractivity contribution is 8.03. The Morgan fingerprint density at radius 2 is 1.80 bits per heavy atom. The van der Waals surface area contributed by atoms with E-state index in [0.29, 0.717) is 27.4 Å². The molecule has 1 aromatic rings. The molecule has 9 heteroatoms. The predicted octanol–water partition coefficient (Wildman–Crippen LogP) is 2.64. The molecule has 0 unspecified atom stereocenters. The van der Waals surface area contributed by atoms with Gasteiger partial charge in [-0.1, -0.05) is 23.9 Å². The molecule has 1 atom stereocenters. The van der Waals surface area contributed by atoms with Crippen molar-refractivity contribution < 1.29 is 28.6 Å². The van der Waals surface area contributed by atoms with Gasteiger partial charge in [0.2, 0.25) is 0 Å². The highest BCUT2D eigenvalue weighted by atomic mass is 32.2. The summed E-state index contributed by atoms with van der Waals surface area (Å²) in [5.74, 6) is -2.20. The molecule has 0 amide bonds. The first kappa shape index (κ1) is 23.0. The summed E-state index contributed by atoms with van der Waals surface area (Å²) in [6, 6.07) is 8.61. The van der Waals surface area contributed by atoms with Gasteiger partial charge in [0, 0.05) is 5.70 Å². The molecule has 0 aromatic heterocycles. The van der Waals surface area contributed by atoms with Gasteiger partial charge in [-0.15, -0.1) is 0 Å². The highest BCUT2D eigenvalue weighted by Crippen LogP contribution is 2.41. The Bertz CT molecular complexity index is 943. The molecule has 0 spiro atoms. The van der Waals surface area contributed by atoms with Crippen LogP contribution in [0.15, 0.2) is 46.1 Å². The molecular formula is C21H22N2O6S. The average molecular weight is 430 g/mol. The molecule has 8 nitrogen and oxygen atoms in total. The second kappa shape index (κ2) is 10.5. The lowest BCUT2D eigenvalue weighted by Gasteiger charge is -2.29. The number of carbonyl (C=O) groups excluding carboxylic acids is 3. The molecule has 158 valence electrons. The molecule has 2 rings (SSSR count). The average Bonchev–Trinajstić information content (AvgIpc) is 2.76. The number of hydrogen-bond donors (Lipinski definition) is 1. The third-order valence-corrected chi connectivity index (χ3v) is 5.36. The normalized spacial score (nSPS) is 15.8. The third kappa shape index (κ3) is 5.02. The number of rotatable bonds is 7. The molecule has 0 saturated carbocycles. The Labute approximate surface area is 178 Å². The van der Waals surface area contributed by atoms with Crippen LogP contribution in [0.1, 0.15) is 35.7 Å². The zero-order chi connectivity index (χ0) is 22.3. The lowest BCUT2D eigenvalue weighted by Crippen LogP contribution is -2.29. The zero-order valence-corrected chi connectivity index (χ0v) is 17.9. The molecule has 0 bridgehead atoms. The van der Waals surface area contributed by atoms with Crippen LogP contribution in [0.4, 0.5) is 0 Å². The first-order valence-electron chi connectivity index (χ1n) is 9.04. The summed E-state index contributed by atoms with van der Waals surface area (Å²) in [7, 11) is 2.57. The van der Waals surface area contributed by atoms with Crippen LogP contribution in [0.2, 0.25) is 0 Å². The van der Waals surface area contributed by atoms with E-state index in [1.165, 1.54) is 14.2 Å². The number of benzene rings is 1. The number of methoxy groups -OCH3 is 2. The number of allylic oxidation sites excluding steroid dienone is 2. The summed E-state index contributed by atoms with van der Waals surface area (Å²) in [5.41, 5.74) is 2.04. The number of ether oxygens (including phenoxy) is 3. The van der Waals surface area contributed by atoms with E-state index in [9.17, 15) is 19.6 Å². The molecule has 0 aliphatic carbocycles. The summed E-state index contributed by atoms with van der Waals surface area (Å²) < 4.78 is 14.6. The molecule has 1 N–H and O–H groups in total. The van der Waals surface area contributed by atoms with Crippen molar-refractivity contribution in [2.75, 3.05) is 26.6 Å². The fourth-order valence-electron chi connectivity index (χ4n) is 2.96. The Balaban J connectivity index is 2.55. The quantitative estimate of drug-likeness (QED) is 0.515. The van der Waals surface area contributed by atoms with Crippen molar-refractivity contribution in [1.29, 1.82) is 5.26 Å². The molecular weight excluding hydrogens is 408 g/mol. The van der Waals surface area contributed by atoms with Crippen LogP contribution in [0.3, 0.4) is 0 Å². The molecule has 1 aliphatic rings. The van der Waals surface area contributed by atoms with Gasteiger partial charge >= 0.3 is 17.9 Å². The smallest absolute Gasteiger partial charge is 0.337 e. The van der Waals surface area contributed by atoms with Crippen molar-refractivity contribution in [3.63, 3.8) is 0 Å². The number of thioether (sulfide) groups is 1. The minimum absolute atomic E-state index is 0.0000313. The fraction of sp³-hybridized carbons (Fsp3) is 0.333. The van der Waals surface area contributed by atoms with E-state index < -0.39 is 23.8 Å². The van der Waals surface area contributed by atoms with Crippen LogP contribution in [-0.2, 0) is 23.8 Å². The maximum atomic E-state index is 12.7. The van der Waals surface area contributed by atoms with Crippen LogP contribution in [-0.4, -0.2) is 44.5 Å². The Kier molecular flexibility index (Phi) is 8.07. The molecule has 1 aromatic carbocycles. The van der Waals surface area contributed by atoms with Crippen LogP contribution < -0.4 is 5.32 Å². The molecule has 1 aliphatic heterocycles. The summed E-state index contributed by atoms with van der Waals surface area (Å²) in [6.07, 6.45) is 0.